The highest BCUT2D eigenvalue weighted by Crippen LogP contribution is 2.35. The Morgan fingerprint density at radius 2 is 1.79 bits per heavy atom. The van der Waals surface area contributed by atoms with Crippen LogP contribution in [0.2, 0.25) is 0 Å². The summed E-state index contributed by atoms with van der Waals surface area (Å²) in [5.41, 5.74) is 1.06. The maximum atomic E-state index is 14.1. The summed E-state index contributed by atoms with van der Waals surface area (Å²) in [6, 6.07) is 5.03. The monoisotopic (exact) mass is 471 g/mol. The summed E-state index contributed by atoms with van der Waals surface area (Å²) < 4.78 is 47.5. The molecule has 0 spiro atoms. The molecule has 3 heterocycles. The Morgan fingerprint density at radius 3 is 2.50 bits per heavy atom. The zero-order valence-corrected chi connectivity index (χ0v) is 18.2. The molecular weight excluding hydrogens is 451 g/mol. The Balaban J connectivity index is 1.61. The van der Waals surface area contributed by atoms with Crippen molar-refractivity contribution in [2.45, 2.75) is 25.7 Å². The minimum atomic E-state index is -1.15. The van der Waals surface area contributed by atoms with E-state index in [4.69, 9.17) is 4.74 Å². The van der Waals surface area contributed by atoms with Crippen LogP contribution >= 0.6 is 0 Å². The first-order valence-electron chi connectivity index (χ1n) is 10.5. The first kappa shape index (κ1) is 22.2. The van der Waals surface area contributed by atoms with E-state index in [1.165, 1.54) is 37.1 Å². The van der Waals surface area contributed by atoms with Crippen molar-refractivity contribution in [2.75, 3.05) is 13.7 Å². The minimum Gasteiger partial charge on any atom is -0.389 e. The van der Waals surface area contributed by atoms with Gasteiger partial charge in [-0.15, -0.1) is 0 Å². The van der Waals surface area contributed by atoms with Crippen LogP contribution in [0.3, 0.4) is 0 Å². The van der Waals surface area contributed by atoms with Gasteiger partial charge in [-0.3, -0.25) is 9.59 Å². The van der Waals surface area contributed by atoms with Crippen molar-refractivity contribution in [3.63, 3.8) is 0 Å². The van der Waals surface area contributed by atoms with Crippen LogP contribution < -0.4 is 5.56 Å². The molecule has 0 saturated heterocycles. The normalized spacial score (nSPS) is 16.6. The lowest BCUT2D eigenvalue weighted by molar-refractivity contribution is 0.0333. The van der Waals surface area contributed by atoms with Gasteiger partial charge in [-0.2, -0.15) is 0 Å². The van der Waals surface area contributed by atoms with E-state index < -0.39 is 41.1 Å². The van der Waals surface area contributed by atoms with Gasteiger partial charge in [0.25, 0.3) is 11.5 Å². The highest BCUT2D eigenvalue weighted by molar-refractivity contribution is 5.99. The van der Waals surface area contributed by atoms with Crippen LogP contribution in [0.5, 0.6) is 0 Å². The number of fused-ring (bicyclic) bond motifs is 4. The number of nitrogens with zero attached hydrogens (tertiary/aromatic N) is 1. The summed E-state index contributed by atoms with van der Waals surface area (Å²) in [5, 5.41) is 10.7. The van der Waals surface area contributed by atoms with E-state index in [9.17, 15) is 27.9 Å². The number of likely N-dealkylation sites (N-methyl/N-ethyl adjacent to an activating group) is 1. The van der Waals surface area contributed by atoms with Gasteiger partial charge in [-0.25, -0.2) is 13.2 Å². The van der Waals surface area contributed by atoms with Gasteiger partial charge in [0.15, 0.2) is 11.6 Å². The summed E-state index contributed by atoms with van der Waals surface area (Å²) in [4.78, 5) is 32.7. The molecular formula is C24H20F3N3O4. The number of amides is 1. The Bertz CT molecular complexity index is 1530. The summed E-state index contributed by atoms with van der Waals surface area (Å²) in [7, 11) is 1.52. The number of hydrogen-bond acceptors (Lipinski definition) is 4. The number of aliphatic hydroxyl groups excluding tert-OH is 1. The van der Waals surface area contributed by atoms with Crippen molar-refractivity contribution >= 4 is 27.6 Å². The third-order valence-electron chi connectivity index (χ3n) is 6.24. The molecule has 1 aliphatic heterocycles. The van der Waals surface area contributed by atoms with Gasteiger partial charge in [0.05, 0.1) is 30.7 Å². The summed E-state index contributed by atoms with van der Waals surface area (Å²) in [5.74, 6) is -3.29. The quantitative estimate of drug-likeness (QED) is 0.423. The summed E-state index contributed by atoms with van der Waals surface area (Å²) >= 11 is 0. The molecule has 0 saturated carbocycles. The average Bonchev–Trinajstić information content (AvgIpc) is 3.22. The van der Waals surface area contributed by atoms with Crippen LogP contribution in [0.1, 0.15) is 46.4 Å². The number of aliphatic hydroxyl groups is 1. The summed E-state index contributed by atoms with van der Waals surface area (Å²) in [6.07, 6.45) is -0.952. The van der Waals surface area contributed by atoms with Gasteiger partial charge in [0.2, 0.25) is 0 Å². The molecule has 0 radical (unpaired) electrons. The second kappa shape index (κ2) is 8.00. The molecule has 1 unspecified atom stereocenters. The van der Waals surface area contributed by atoms with E-state index >= 15 is 0 Å². The fourth-order valence-corrected chi connectivity index (χ4v) is 4.57. The number of carbonyl (C=O) groups is 1. The number of nitrogens with one attached hydrogen (secondary N) is 2. The van der Waals surface area contributed by atoms with Gasteiger partial charge in [-0.05, 0) is 48.2 Å². The lowest BCUT2D eigenvalue weighted by Gasteiger charge is -2.33. The van der Waals surface area contributed by atoms with Gasteiger partial charge in [-0.1, -0.05) is 0 Å². The Hall–Kier alpha value is -3.63. The van der Waals surface area contributed by atoms with Gasteiger partial charge < -0.3 is 24.7 Å². The Labute approximate surface area is 190 Å². The number of H-pyrrole nitrogens is 2. The van der Waals surface area contributed by atoms with Crippen LogP contribution in [0, 0.1) is 17.5 Å². The van der Waals surface area contributed by atoms with E-state index in [0.717, 1.165) is 12.1 Å². The Kier molecular flexibility index (Phi) is 5.22. The van der Waals surface area contributed by atoms with Crippen molar-refractivity contribution in [2.24, 2.45) is 0 Å². The molecule has 7 nitrogen and oxygen atoms in total. The van der Waals surface area contributed by atoms with Crippen LogP contribution in [0.25, 0.3) is 21.7 Å². The molecule has 1 aliphatic rings. The third-order valence-corrected chi connectivity index (χ3v) is 6.24. The van der Waals surface area contributed by atoms with Gasteiger partial charge in [0.1, 0.15) is 11.5 Å². The molecule has 4 aromatic rings. The number of ether oxygens (including phenoxy) is 1. The smallest absolute Gasteiger partial charge is 0.270 e. The number of halogens is 3. The third kappa shape index (κ3) is 3.46. The SMILES string of the molecule is CC(O)c1cc(F)cc2[nH]c(C(=O)N(C)[C@H]3COCc4[nH]c(=O)c5cc(F)c(F)cc5c43)cc12. The fraction of sp³-hybridized carbons (Fsp3) is 0.250. The number of pyridine rings is 1. The average molecular weight is 471 g/mol. The maximum Gasteiger partial charge on any atom is 0.270 e. The first-order chi connectivity index (χ1) is 16.2. The molecule has 1 amide bonds. The predicted octanol–water partition coefficient (Wildman–Crippen LogP) is 3.82. The largest absolute Gasteiger partial charge is 0.389 e. The molecule has 0 bridgehead atoms. The number of hydrogen-bond donors (Lipinski definition) is 3. The first-order valence-corrected chi connectivity index (χ1v) is 10.5. The van der Waals surface area contributed by atoms with E-state index in [2.05, 4.69) is 9.97 Å². The number of carbonyl (C=O) groups excluding carboxylic acids is 1. The molecule has 5 rings (SSSR count). The number of aromatic amines is 2. The highest BCUT2D eigenvalue weighted by Gasteiger charge is 2.32. The number of rotatable bonds is 3. The molecule has 3 N–H and O–H groups in total. The minimum absolute atomic E-state index is 0.0342. The van der Waals surface area contributed by atoms with E-state index in [-0.39, 0.29) is 29.7 Å². The topological polar surface area (TPSA) is 98.4 Å². The number of aromatic nitrogens is 2. The van der Waals surface area contributed by atoms with Gasteiger partial charge in [0, 0.05) is 29.2 Å². The molecule has 0 fully saturated rings. The van der Waals surface area contributed by atoms with E-state index in [0.29, 0.717) is 27.7 Å². The lowest BCUT2D eigenvalue weighted by Crippen LogP contribution is -2.37. The second-order valence-electron chi connectivity index (χ2n) is 8.42. The highest BCUT2D eigenvalue weighted by atomic mass is 19.2. The zero-order valence-electron chi connectivity index (χ0n) is 18.2. The fourth-order valence-electron chi connectivity index (χ4n) is 4.57. The molecule has 176 valence electrons. The standard InChI is InChI=1S/C24H20F3N3O4/c1-10(31)12-3-11(25)4-18-13(12)7-19(28-18)24(33)30(2)21-9-34-8-20-22(21)14-5-16(26)17(27)6-15(14)23(32)29-20/h3-7,10,21,28,31H,8-9H2,1-2H3,(H,29,32)/t10?,21-/m0/s1. The van der Waals surface area contributed by atoms with E-state index in [1.807, 2.05) is 0 Å². The predicted molar refractivity (Wildman–Crippen MR) is 118 cm³/mol. The van der Waals surface area contributed by atoms with Crippen molar-refractivity contribution < 1.29 is 27.8 Å². The molecule has 10 heteroatoms. The van der Waals surface area contributed by atoms with Gasteiger partial charge >= 0.3 is 0 Å². The molecule has 2 aromatic heterocycles. The van der Waals surface area contributed by atoms with Crippen molar-refractivity contribution in [3.05, 3.63) is 80.7 Å². The van der Waals surface area contributed by atoms with Crippen molar-refractivity contribution in [1.29, 1.82) is 0 Å². The maximum absolute atomic E-state index is 14.1. The zero-order chi connectivity index (χ0) is 24.3. The lowest BCUT2D eigenvalue weighted by atomic mass is 9.95. The molecule has 0 aliphatic carbocycles. The molecule has 2 aromatic carbocycles. The van der Waals surface area contributed by atoms with Crippen LogP contribution in [0.15, 0.2) is 35.1 Å². The second-order valence-corrected chi connectivity index (χ2v) is 8.42. The summed E-state index contributed by atoms with van der Waals surface area (Å²) in [6.45, 7) is 1.60. The van der Waals surface area contributed by atoms with Crippen LogP contribution in [-0.4, -0.2) is 39.5 Å². The van der Waals surface area contributed by atoms with E-state index in [1.54, 1.807) is 0 Å². The molecule has 2 atom stereocenters. The molecule has 34 heavy (non-hydrogen) atoms. The van der Waals surface area contributed by atoms with Crippen LogP contribution in [-0.2, 0) is 11.3 Å². The Morgan fingerprint density at radius 1 is 1.09 bits per heavy atom. The van der Waals surface area contributed by atoms with Crippen LogP contribution in [0.4, 0.5) is 13.2 Å². The van der Waals surface area contributed by atoms with Crippen molar-refractivity contribution in [1.82, 2.24) is 14.9 Å². The number of benzene rings is 2. The van der Waals surface area contributed by atoms with Crippen molar-refractivity contribution in [3.8, 4) is 0 Å².